The van der Waals surface area contributed by atoms with E-state index in [0.29, 0.717) is 66.1 Å². The summed E-state index contributed by atoms with van der Waals surface area (Å²) in [6.07, 6.45) is 4.82. The zero-order valence-corrected chi connectivity index (χ0v) is 55.0. The number of likely N-dealkylation sites (tertiary alicyclic amines) is 1. The molecule has 6 aromatic carbocycles. The van der Waals surface area contributed by atoms with Gasteiger partial charge in [0.15, 0.2) is 0 Å². The highest BCUT2D eigenvalue weighted by Gasteiger charge is 2.41. The highest BCUT2D eigenvalue weighted by molar-refractivity contribution is 6.00. The number of aliphatic hydroxyl groups excluding tert-OH is 1. The summed E-state index contributed by atoms with van der Waals surface area (Å²) in [5.74, 6) is -10.4. The number of carboxylic acid groups (broad SMARTS) is 2. The first-order valence-corrected chi connectivity index (χ1v) is 33.2. The Morgan fingerprint density at radius 3 is 1.20 bits per heavy atom. The quantitative estimate of drug-likeness (QED) is 0.0297. The fourth-order valence-corrected chi connectivity index (χ4v) is 12.9. The Balaban J connectivity index is 0.860. The molecule has 10 aromatic rings. The van der Waals surface area contributed by atoms with Crippen molar-refractivity contribution in [2.45, 2.75) is 112 Å². The van der Waals surface area contributed by atoms with Crippen LogP contribution in [0.4, 0.5) is 0 Å². The summed E-state index contributed by atoms with van der Waals surface area (Å²) in [7, 11) is 0. The standard InChI is InChI=1S/C74H77N13O15/c75-52(28-40-19-23-46(89)24-20-40)66(93)80-60(34-65(91)92)70(97)82-57(30-42-35-76-53-14-5-1-10-48(42)53)67(94)81-58(31-43-36-77-54-15-6-2-11-49(43)54)68(95)84-61(29-41-21-25-47(90)26-22-41)73(100)87-27-9-18-64(87)72(99)83-59(32-44-37-78-55-16-7-3-12-50(44)55)69(96)86-63(39-88)71(98)85-62(74(101)102)33-45-38-79-56-17-8-4-13-51(45)56/h1-8,10-17,19-26,35-38,52,57-64,76-79,88-90H,9,18,27-34,39,75H2,(H,80,93)(H,81,94)(H,82,97)(H,83,99)(H,84,95)(H,85,98)(H,86,96)(H,91,92)(H,101,102)/t52-,57-,58-,59-,60-,61-,62-,63-,64-/m0/s1. The average Bonchev–Trinajstić information content (AvgIpc) is 1.60. The molecule has 0 saturated carbocycles. The number of H-pyrrole nitrogens is 4. The topological polar surface area (TPSA) is 448 Å². The lowest BCUT2D eigenvalue weighted by Crippen LogP contribution is -2.61. The van der Waals surface area contributed by atoms with Crippen molar-refractivity contribution in [1.82, 2.24) is 62.1 Å². The lowest BCUT2D eigenvalue weighted by Gasteiger charge is -2.31. The molecule has 0 spiro atoms. The van der Waals surface area contributed by atoms with Gasteiger partial charge in [-0.05, 0) is 101 Å². The molecule has 0 bridgehead atoms. The van der Waals surface area contributed by atoms with Gasteiger partial charge < -0.3 is 93.3 Å². The van der Waals surface area contributed by atoms with Crippen molar-refractivity contribution < 1.29 is 73.5 Å². The van der Waals surface area contributed by atoms with Gasteiger partial charge in [0, 0.05) is 107 Å². The molecule has 8 amide bonds. The molecule has 1 saturated heterocycles. The fraction of sp³-hybridized carbons (Fsp3) is 0.270. The van der Waals surface area contributed by atoms with E-state index in [4.69, 9.17) is 5.73 Å². The van der Waals surface area contributed by atoms with Crippen molar-refractivity contribution in [3.8, 4) is 11.5 Å². The maximum absolute atomic E-state index is 15.5. The molecule has 11 rings (SSSR count). The SMILES string of the molecule is N[C@@H](Cc1ccc(O)cc1)C(=O)N[C@@H](CC(=O)O)C(=O)N[C@@H](Cc1c[nH]c2ccccc12)C(=O)N[C@@H](Cc1c[nH]c2ccccc12)C(=O)N[C@@H](Cc1ccc(O)cc1)C(=O)N1CCC[C@H]1C(=O)N[C@@H](Cc1c[nH]c2ccccc12)C(=O)N[C@@H](CO)C(=O)N[C@@H](Cc1c[nH]c2ccccc12)C(=O)O. The van der Waals surface area contributed by atoms with Gasteiger partial charge >= 0.3 is 11.9 Å². The van der Waals surface area contributed by atoms with Crippen molar-refractivity contribution in [3.63, 3.8) is 0 Å². The Hall–Kier alpha value is -12.3. The second kappa shape index (κ2) is 32.1. The summed E-state index contributed by atoms with van der Waals surface area (Å²) in [4.78, 5) is 157. The van der Waals surface area contributed by atoms with Gasteiger partial charge in [-0.15, -0.1) is 0 Å². The van der Waals surface area contributed by atoms with Gasteiger partial charge in [-0.2, -0.15) is 0 Å². The maximum Gasteiger partial charge on any atom is 0.326 e. The van der Waals surface area contributed by atoms with Crippen molar-refractivity contribution in [2.75, 3.05) is 13.2 Å². The van der Waals surface area contributed by atoms with Crippen LogP contribution in [-0.2, 0) is 86.5 Å². The smallest absolute Gasteiger partial charge is 0.326 e. The monoisotopic (exact) mass is 1390 g/mol. The predicted octanol–water partition coefficient (Wildman–Crippen LogP) is 3.04. The first kappa shape index (κ1) is 71.0. The minimum absolute atomic E-state index is 0.0212. The molecular weight excluding hydrogens is 1310 g/mol. The number of carboxylic acids is 2. The number of amides is 8. The van der Waals surface area contributed by atoms with E-state index < -0.39 is 127 Å². The molecule has 1 aliphatic rings. The predicted molar refractivity (Wildman–Crippen MR) is 375 cm³/mol. The summed E-state index contributed by atoms with van der Waals surface area (Å²) in [6, 6.07) is 26.6. The van der Waals surface area contributed by atoms with Gasteiger partial charge in [-0.1, -0.05) is 97.1 Å². The number of para-hydroxylation sites is 4. The normalized spacial score (nSPS) is 15.3. The van der Waals surface area contributed by atoms with Gasteiger partial charge in [-0.3, -0.25) is 43.2 Å². The largest absolute Gasteiger partial charge is 0.508 e. The Morgan fingerprint density at radius 2 is 0.775 bits per heavy atom. The highest BCUT2D eigenvalue weighted by atomic mass is 16.4. The maximum atomic E-state index is 15.5. The highest BCUT2D eigenvalue weighted by Crippen LogP contribution is 2.27. The molecule has 28 heteroatoms. The number of phenols is 2. The minimum atomic E-state index is -1.78. The third-order valence-corrected chi connectivity index (χ3v) is 18.3. The van der Waals surface area contributed by atoms with E-state index in [9.17, 15) is 54.3 Å². The summed E-state index contributed by atoms with van der Waals surface area (Å²) in [5, 5.41) is 72.3. The summed E-state index contributed by atoms with van der Waals surface area (Å²) in [5.41, 5.74) is 12.3. The van der Waals surface area contributed by atoms with Gasteiger partial charge in [0.1, 0.15) is 59.8 Å². The summed E-state index contributed by atoms with van der Waals surface area (Å²) in [6.45, 7) is -0.998. The van der Waals surface area contributed by atoms with Crippen LogP contribution >= 0.6 is 0 Å². The van der Waals surface area contributed by atoms with Crippen LogP contribution in [0.15, 0.2) is 170 Å². The molecule has 9 atom stereocenters. The molecular formula is C74H77N13O15. The fourth-order valence-electron chi connectivity index (χ4n) is 12.9. The van der Waals surface area contributed by atoms with Gasteiger partial charge in [0.05, 0.1) is 19.1 Å². The number of rotatable bonds is 31. The van der Waals surface area contributed by atoms with E-state index in [1.54, 1.807) is 122 Å². The number of carbonyl (C=O) groups is 10. The number of fused-ring (bicyclic) bond motifs is 4. The first-order valence-electron chi connectivity index (χ1n) is 33.2. The summed E-state index contributed by atoms with van der Waals surface area (Å²) >= 11 is 0. The molecule has 4 aromatic heterocycles. The Bertz CT molecular complexity index is 4740. The van der Waals surface area contributed by atoms with E-state index in [2.05, 4.69) is 57.2 Å². The number of phenolic OH excluding ortho intramolecular Hbond substituents is 2. The van der Waals surface area contributed by atoms with E-state index in [0.717, 1.165) is 10.9 Å². The van der Waals surface area contributed by atoms with Gasteiger partial charge in [0.25, 0.3) is 0 Å². The van der Waals surface area contributed by atoms with Crippen LogP contribution in [0.25, 0.3) is 43.6 Å². The lowest BCUT2D eigenvalue weighted by molar-refractivity contribution is -0.143. The van der Waals surface area contributed by atoms with Crippen molar-refractivity contribution >= 4 is 103 Å². The average molecular weight is 1390 g/mol. The number of hydrogen-bond acceptors (Lipinski definition) is 14. The Morgan fingerprint density at radius 1 is 0.422 bits per heavy atom. The Kier molecular flexibility index (Phi) is 22.4. The van der Waals surface area contributed by atoms with E-state index in [1.807, 2.05) is 0 Å². The van der Waals surface area contributed by atoms with Crippen LogP contribution in [0.5, 0.6) is 11.5 Å². The second-order valence-electron chi connectivity index (χ2n) is 25.3. The number of hydrogen-bond donors (Lipinski definition) is 17. The number of aromatic amines is 4. The second-order valence-corrected chi connectivity index (χ2v) is 25.3. The van der Waals surface area contributed by atoms with E-state index in [1.165, 1.54) is 53.4 Å². The van der Waals surface area contributed by atoms with Crippen LogP contribution in [0, 0.1) is 0 Å². The van der Waals surface area contributed by atoms with Gasteiger partial charge in [0.2, 0.25) is 47.3 Å². The number of aliphatic hydroxyl groups is 1. The van der Waals surface area contributed by atoms with Crippen LogP contribution in [0.2, 0.25) is 0 Å². The third kappa shape index (κ3) is 17.2. The number of aromatic hydroxyl groups is 2. The van der Waals surface area contributed by atoms with Crippen molar-refractivity contribution in [3.05, 3.63) is 204 Å². The zero-order chi connectivity index (χ0) is 72.1. The van der Waals surface area contributed by atoms with Crippen molar-refractivity contribution in [1.29, 1.82) is 0 Å². The molecule has 18 N–H and O–H groups in total. The van der Waals surface area contributed by atoms with Crippen LogP contribution in [0.1, 0.15) is 52.6 Å². The molecule has 102 heavy (non-hydrogen) atoms. The molecule has 0 unspecified atom stereocenters. The zero-order valence-electron chi connectivity index (χ0n) is 55.0. The minimum Gasteiger partial charge on any atom is -0.508 e. The number of aromatic nitrogens is 4. The number of nitrogens with one attached hydrogen (secondary N) is 11. The van der Waals surface area contributed by atoms with Crippen LogP contribution < -0.4 is 43.0 Å². The Labute approximate surface area is 582 Å². The van der Waals surface area contributed by atoms with Gasteiger partial charge in [-0.25, -0.2) is 4.79 Å². The van der Waals surface area contributed by atoms with Crippen molar-refractivity contribution in [2.24, 2.45) is 5.73 Å². The molecule has 28 nitrogen and oxygen atoms in total. The number of nitrogens with zero attached hydrogens (tertiary/aromatic N) is 1. The van der Waals surface area contributed by atoms with E-state index in [-0.39, 0.29) is 69.4 Å². The third-order valence-electron chi connectivity index (χ3n) is 18.3. The molecule has 0 aliphatic carbocycles. The van der Waals surface area contributed by atoms with Crippen LogP contribution in [0.3, 0.4) is 0 Å². The molecule has 1 aliphatic heterocycles. The number of benzene rings is 6. The summed E-state index contributed by atoms with van der Waals surface area (Å²) < 4.78 is 0. The number of aliphatic carboxylic acids is 2. The van der Waals surface area contributed by atoms with E-state index >= 15 is 19.2 Å². The number of nitrogens with two attached hydrogens (primary N) is 1. The van der Waals surface area contributed by atoms with Crippen LogP contribution in [-0.4, -0.2) is 177 Å². The molecule has 5 heterocycles. The number of carbonyl (C=O) groups excluding carboxylic acids is 8. The molecule has 528 valence electrons. The molecule has 1 fully saturated rings. The lowest BCUT2D eigenvalue weighted by atomic mass is 9.99. The molecule has 0 radical (unpaired) electrons. The first-order chi connectivity index (χ1) is 49.2.